The molecule has 2 aliphatic rings. The molecule has 25 heavy (non-hydrogen) atoms. The Morgan fingerprint density at radius 3 is 2.60 bits per heavy atom. The molecule has 1 aromatic carbocycles. The van der Waals surface area contributed by atoms with E-state index >= 15 is 0 Å². The molecule has 3 rings (SSSR count). The summed E-state index contributed by atoms with van der Waals surface area (Å²) < 4.78 is 0. The summed E-state index contributed by atoms with van der Waals surface area (Å²) in [5.41, 5.74) is 1.46. The van der Waals surface area contributed by atoms with E-state index < -0.39 is 0 Å². The third-order valence-corrected chi connectivity index (χ3v) is 5.07. The van der Waals surface area contributed by atoms with Gasteiger partial charge in [0.15, 0.2) is 0 Å². The number of hydrogen-bond donors (Lipinski definition) is 1. The van der Waals surface area contributed by atoms with Gasteiger partial charge < -0.3 is 15.1 Å². The topological polar surface area (TPSA) is 69.7 Å². The van der Waals surface area contributed by atoms with Crippen LogP contribution in [0.3, 0.4) is 0 Å². The van der Waals surface area contributed by atoms with Crippen LogP contribution in [0.15, 0.2) is 24.3 Å². The number of carbonyl (C=O) groups is 3. The summed E-state index contributed by atoms with van der Waals surface area (Å²) in [5, 5.41) is 2.62. The zero-order valence-electron chi connectivity index (χ0n) is 14.8. The van der Waals surface area contributed by atoms with Gasteiger partial charge in [-0.05, 0) is 36.5 Å². The van der Waals surface area contributed by atoms with Gasteiger partial charge in [-0.3, -0.25) is 14.4 Å². The number of benzene rings is 1. The van der Waals surface area contributed by atoms with Crippen LogP contribution in [0.25, 0.3) is 0 Å². The second-order valence-electron chi connectivity index (χ2n) is 6.92. The molecule has 1 saturated heterocycles. The Hall–Kier alpha value is -2.37. The van der Waals surface area contributed by atoms with Crippen molar-refractivity contribution in [2.24, 2.45) is 5.92 Å². The fourth-order valence-corrected chi connectivity index (χ4v) is 3.37. The molecular weight excluding hydrogens is 318 g/mol. The average molecular weight is 343 g/mol. The first-order chi connectivity index (χ1) is 12.0. The van der Waals surface area contributed by atoms with Gasteiger partial charge in [0, 0.05) is 45.6 Å². The maximum absolute atomic E-state index is 12.7. The van der Waals surface area contributed by atoms with Gasteiger partial charge in [0.05, 0.1) is 6.04 Å². The summed E-state index contributed by atoms with van der Waals surface area (Å²) in [7, 11) is 1.60. The monoisotopic (exact) mass is 343 g/mol. The molecule has 1 saturated carbocycles. The number of hydrogen-bond acceptors (Lipinski definition) is 3. The van der Waals surface area contributed by atoms with Gasteiger partial charge in [-0.1, -0.05) is 12.1 Å². The minimum atomic E-state index is -0.200. The van der Waals surface area contributed by atoms with Crippen LogP contribution in [0.4, 0.5) is 0 Å². The van der Waals surface area contributed by atoms with Crippen LogP contribution in [-0.2, 0) is 9.59 Å². The number of rotatable bonds is 4. The first-order valence-electron chi connectivity index (χ1n) is 8.86. The van der Waals surface area contributed by atoms with E-state index in [1.165, 1.54) is 0 Å². The number of piperazine rings is 1. The standard InChI is InChI=1S/C19H25N3O3/c1-13(23)21-8-9-22(18(24)10-14-6-7-14)17(12-21)15-4-3-5-16(11-15)19(25)20-2/h3-5,11,14,17H,6-10,12H2,1-2H3,(H,20,25). The van der Waals surface area contributed by atoms with Crippen LogP contribution in [0.5, 0.6) is 0 Å². The molecule has 0 bridgehead atoms. The highest BCUT2D eigenvalue weighted by Gasteiger charge is 2.35. The van der Waals surface area contributed by atoms with Crippen molar-refractivity contribution < 1.29 is 14.4 Å². The van der Waals surface area contributed by atoms with Gasteiger partial charge in [-0.25, -0.2) is 0 Å². The van der Waals surface area contributed by atoms with Gasteiger partial charge in [-0.15, -0.1) is 0 Å². The summed E-state index contributed by atoms with van der Waals surface area (Å²) in [4.78, 5) is 40.1. The van der Waals surface area contributed by atoms with E-state index in [1.807, 2.05) is 23.1 Å². The summed E-state index contributed by atoms with van der Waals surface area (Å²) in [6.07, 6.45) is 2.86. The van der Waals surface area contributed by atoms with Crippen molar-refractivity contribution in [3.8, 4) is 0 Å². The Morgan fingerprint density at radius 2 is 1.96 bits per heavy atom. The lowest BCUT2D eigenvalue weighted by Gasteiger charge is -2.41. The van der Waals surface area contributed by atoms with E-state index in [0.29, 0.717) is 37.5 Å². The lowest BCUT2D eigenvalue weighted by atomic mass is 9.99. The summed E-state index contributed by atoms with van der Waals surface area (Å²) in [5.74, 6) is 0.538. The Balaban J connectivity index is 1.86. The number of amides is 3. The van der Waals surface area contributed by atoms with Crippen molar-refractivity contribution in [3.63, 3.8) is 0 Å². The van der Waals surface area contributed by atoms with Gasteiger partial charge in [0.1, 0.15) is 0 Å². The Bertz CT molecular complexity index is 684. The maximum atomic E-state index is 12.7. The number of carbonyl (C=O) groups excluding carboxylic acids is 3. The van der Waals surface area contributed by atoms with Crippen molar-refractivity contribution in [3.05, 3.63) is 35.4 Å². The minimum absolute atomic E-state index is 0.0155. The quantitative estimate of drug-likeness (QED) is 0.902. The molecular formula is C19H25N3O3. The van der Waals surface area contributed by atoms with Crippen molar-refractivity contribution in [2.45, 2.75) is 32.2 Å². The van der Waals surface area contributed by atoms with E-state index in [2.05, 4.69) is 5.32 Å². The fraction of sp³-hybridized carbons (Fsp3) is 0.526. The Labute approximate surface area is 148 Å². The summed E-state index contributed by atoms with van der Waals surface area (Å²) in [6.45, 7) is 3.14. The first-order valence-corrected chi connectivity index (χ1v) is 8.86. The molecule has 1 atom stereocenters. The second kappa shape index (κ2) is 7.25. The number of nitrogens with zero attached hydrogens (tertiary/aromatic N) is 2. The molecule has 6 nitrogen and oxygen atoms in total. The molecule has 3 amide bonds. The van der Waals surface area contributed by atoms with Crippen LogP contribution in [-0.4, -0.2) is 54.2 Å². The zero-order valence-corrected chi connectivity index (χ0v) is 14.8. The lowest BCUT2D eigenvalue weighted by Crippen LogP contribution is -2.52. The third-order valence-electron chi connectivity index (χ3n) is 5.07. The van der Waals surface area contributed by atoms with Crippen LogP contribution in [0.1, 0.15) is 48.1 Å². The SMILES string of the molecule is CNC(=O)c1cccc(C2CN(C(C)=O)CCN2C(=O)CC2CC2)c1. The van der Waals surface area contributed by atoms with Crippen molar-refractivity contribution in [2.75, 3.05) is 26.7 Å². The molecule has 1 heterocycles. The van der Waals surface area contributed by atoms with Crippen LogP contribution in [0, 0.1) is 5.92 Å². The Kier molecular flexibility index (Phi) is 5.06. The second-order valence-corrected chi connectivity index (χ2v) is 6.92. The summed E-state index contributed by atoms with van der Waals surface area (Å²) >= 11 is 0. The van der Waals surface area contributed by atoms with Crippen molar-refractivity contribution in [1.29, 1.82) is 0 Å². The molecule has 0 aromatic heterocycles. The predicted octanol–water partition coefficient (Wildman–Crippen LogP) is 1.58. The number of nitrogens with one attached hydrogen (secondary N) is 1. The molecule has 1 unspecified atom stereocenters. The summed E-state index contributed by atoms with van der Waals surface area (Å²) in [6, 6.07) is 7.14. The van der Waals surface area contributed by atoms with Crippen LogP contribution < -0.4 is 5.32 Å². The molecule has 0 radical (unpaired) electrons. The Morgan fingerprint density at radius 1 is 1.20 bits per heavy atom. The van der Waals surface area contributed by atoms with E-state index in [-0.39, 0.29) is 23.8 Å². The maximum Gasteiger partial charge on any atom is 0.251 e. The predicted molar refractivity (Wildman–Crippen MR) is 93.9 cm³/mol. The minimum Gasteiger partial charge on any atom is -0.355 e. The van der Waals surface area contributed by atoms with Gasteiger partial charge in [0.25, 0.3) is 5.91 Å². The molecule has 134 valence electrons. The molecule has 1 aliphatic carbocycles. The van der Waals surface area contributed by atoms with Crippen molar-refractivity contribution in [1.82, 2.24) is 15.1 Å². The smallest absolute Gasteiger partial charge is 0.251 e. The molecule has 1 N–H and O–H groups in total. The van der Waals surface area contributed by atoms with E-state index in [1.54, 1.807) is 24.9 Å². The van der Waals surface area contributed by atoms with Crippen LogP contribution in [0.2, 0.25) is 0 Å². The zero-order chi connectivity index (χ0) is 18.0. The first kappa shape index (κ1) is 17.5. The van der Waals surface area contributed by atoms with Gasteiger partial charge in [-0.2, -0.15) is 0 Å². The normalized spacial score (nSPS) is 20.3. The molecule has 1 aliphatic heterocycles. The molecule has 6 heteroatoms. The van der Waals surface area contributed by atoms with E-state index in [9.17, 15) is 14.4 Å². The molecule has 2 fully saturated rings. The average Bonchev–Trinajstić information content (AvgIpc) is 3.44. The highest BCUT2D eigenvalue weighted by atomic mass is 16.2. The van der Waals surface area contributed by atoms with Crippen molar-refractivity contribution >= 4 is 17.7 Å². The van der Waals surface area contributed by atoms with E-state index in [0.717, 1.165) is 18.4 Å². The molecule has 1 aromatic rings. The van der Waals surface area contributed by atoms with Crippen LogP contribution >= 0.6 is 0 Å². The highest BCUT2D eigenvalue weighted by molar-refractivity contribution is 5.94. The third kappa shape index (κ3) is 4.00. The lowest BCUT2D eigenvalue weighted by molar-refractivity contribution is -0.142. The fourth-order valence-electron chi connectivity index (χ4n) is 3.37. The highest BCUT2D eigenvalue weighted by Crippen LogP contribution is 2.35. The molecule has 0 spiro atoms. The van der Waals surface area contributed by atoms with Gasteiger partial charge >= 0.3 is 0 Å². The van der Waals surface area contributed by atoms with Gasteiger partial charge in [0.2, 0.25) is 11.8 Å². The largest absolute Gasteiger partial charge is 0.355 e. The van der Waals surface area contributed by atoms with E-state index in [4.69, 9.17) is 0 Å².